The largest absolute Gasteiger partial charge is 0.481 e. The molecular formula is C11H17N3O5S2. The van der Waals surface area contributed by atoms with Crippen molar-refractivity contribution in [2.45, 2.75) is 17.1 Å². The Balaban J connectivity index is 2.14. The van der Waals surface area contributed by atoms with Gasteiger partial charge in [-0.15, -0.1) is 11.3 Å². The number of nitrogens with one attached hydrogen (secondary N) is 3. The van der Waals surface area contributed by atoms with Crippen molar-refractivity contribution >= 4 is 33.4 Å². The summed E-state index contributed by atoms with van der Waals surface area (Å²) in [5.41, 5.74) is 0. The number of sulfonamides is 1. The topological polar surface area (TPSA) is 125 Å². The maximum Gasteiger partial charge on any atom is 0.314 e. The highest BCUT2D eigenvalue weighted by atomic mass is 32.2. The van der Waals surface area contributed by atoms with Gasteiger partial charge in [0.2, 0.25) is 10.0 Å². The maximum absolute atomic E-state index is 11.7. The third-order valence-electron chi connectivity index (χ3n) is 2.32. The van der Waals surface area contributed by atoms with Crippen LogP contribution in [0.5, 0.6) is 0 Å². The number of carbonyl (C=O) groups is 2. The molecule has 118 valence electrons. The number of carboxylic acid groups (broad SMARTS) is 1. The highest BCUT2D eigenvalue weighted by Crippen LogP contribution is 2.14. The smallest absolute Gasteiger partial charge is 0.314 e. The Labute approximate surface area is 126 Å². The quantitative estimate of drug-likeness (QED) is 0.480. The number of carboxylic acids is 1. The minimum Gasteiger partial charge on any atom is -0.481 e. The van der Waals surface area contributed by atoms with Gasteiger partial charge >= 0.3 is 12.0 Å². The van der Waals surface area contributed by atoms with Crippen LogP contribution < -0.4 is 15.4 Å². The van der Waals surface area contributed by atoms with Crippen LogP contribution in [-0.2, 0) is 14.8 Å². The molecule has 1 aromatic heterocycles. The summed E-state index contributed by atoms with van der Waals surface area (Å²) >= 11 is 1.11. The first-order chi connectivity index (χ1) is 9.92. The Kier molecular flexibility index (Phi) is 7.12. The Hall–Kier alpha value is -1.65. The van der Waals surface area contributed by atoms with Crippen molar-refractivity contribution in [3.8, 4) is 0 Å². The molecule has 0 bridgehead atoms. The van der Waals surface area contributed by atoms with Crippen molar-refractivity contribution in [1.82, 2.24) is 15.4 Å². The van der Waals surface area contributed by atoms with Crippen LogP contribution in [0.1, 0.15) is 12.8 Å². The standard InChI is InChI=1S/C11H17N3O5S2/c15-9(16)3-1-5-12-11(17)13-6-7-14-21(18,19)10-4-2-8-20-10/h2,4,8,14H,1,3,5-7H2,(H,15,16)(H2,12,13,17). The second-order valence-corrected chi connectivity index (χ2v) is 6.95. The highest BCUT2D eigenvalue weighted by Gasteiger charge is 2.13. The Morgan fingerprint density at radius 1 is 1.19 bits per heavy atom. The van der Waals surface area contributed by atoms with Gasteiger partial charge in [-0.05, 0) is 17.9 Å². The van der Waals surface area contributed by atoms with Crippen molar-refractivity contribution in [3.05, 3.63) is 17.5 Å². The Bertz CT molecular complexity index is 556. The Morgan fingerprint density at radius 2 is 1.90 bits per heavy atom. The summed E-state index contributed by atoms with van der Waals surface area (Å²) in [6.07, 6.45) is 0.328. The fourth-order valence-electron chi connectivity index (χ4n) is 1.35. The fourth-order valence-corrected chi connectivity index (χ4v) is 3.42. The molecule has 0 atom stereocenters. The molecule has 10 heteroatoms. The number of aliphatic carboxylic acids is 1. The van der Waals surface area contributed by atoms with Gasteiger partial charge in [0.15, 0.2) is 0 Å². The SMILES string of the molecule is O=C(O)CCCNC(=O)NCCNS(=O)(=O)c1cccs1. The van der Waals surface area contributed by atoms with E-state index in [1.165, 1.54) is 6.07 Å². The highest BCUT2D eigenvalue weighted by molar-refractivity contribution is 7.91. The van der Waals surface area contributed by atoms with E-state index in [0.29, 0.717) is 6.42 Å². The lowest BCUT2D eigenvalue weighted by Gasteiger charge is -2.08. The van der Waals surface area contributed by atoms with Crippen LogP contribution in [-0.4, -0.2) is 45.2 Å². The van der Waals surface area contributed by atoms with Crippen LogP contribution in [0.25, 0.3) is 0 Å². The van der Waals surface area contributed by atoms with Gasteiger partial charge in [-0.1, -0.05) is 6.07 Å². The number of hydrogen-bond donors (Lipinski definition) is 4. The molecule has 0 fully saturated rings. The summed E-state index contributed by atoms with van der Waals surface area (Å²) in [6, 6.07) is 2.67. The second-order valence-electron chi connectivity index (χ2n) is 4.01. The molecule has 1 rings (SSSR count). The molecule has 1 heterocycles. The lowest BCUT2D eigenvalue weighted by Crippen LogP contribution is -2.40. The molecule has 0 aliphatic carbocycles. The zero-order chi connectivity index (χ0) is 15.7. The third-order valence-corrected chi connectivity index (χ3v) is 5.17. The van der Waals surface area contributed by atoms with E-state index in [1.54, 1.807) is 11.4 Å². The molecule has 21 heavy (non-hydrogen) atoms. The number of amides is 2. The number of urea groups is 1. The van der Waals surface area contributed by atoms with Crippen LogP contribution in [0, 0.1) is 0 Å². The number of carbonyl (C=O) groups excluding carboxylic acids is 1. The van der Waals surface area contributed by atoms with Crippen molar-refractivity contribution in [2.75, 3.05) is 19.6 Å². The van der Waals surface area contributed by atoms with Gasteiger partial charge in [-0.2, -0.15) is 0 Å². The van der Waals surface area contributed by atoms with Crippen LogP contribution in [0.3, 0.4) is 0 Å². The molecule has 0 spiro atoms. The third kappa shape index (κ3) is 7.06. The van der Waals surface area contributed by atoms with Gasteiger partial charge in [0.1, 0.15) is 4.21 Å². The van der Waals surface area contributed by atoms with Crippen molar-refractivity contribution in [3.63, 3.8) is 0 Å². The molecule has 1 aromatic rings. The van der Waals surface area contributed by atoms with Crippen LogP contribution >= 0.6 is 11.3 Å². The monoisotopic (exact) mass is 335 g/mol. The summed E-state index contributed by atoms with van der Waals surface area (Å²) in [5, 5.41) is 15.0. The average molecular weight is 335 g/mol. The van der Waals surface area contributed by atoms with E-state index >= 15 is 0 Å². The zero-order valence-electron chi connectivity index (χ0n) is 11.2. The van der Waals surface area contributed by atoms with Gasteiger partial charge in [0, 0.05) is 26.1 Å². The second kappa shape index (κ2) is 8.60. The van der Waals surface area contributed by atoms with Crippen molar-refractivity contribution < 1.29 is 23.1 Å². The van der Waals surface area contributed by atoms with E-state index in [1.807, 2.05) is 0 Å². The normalized spacial score (nSPS) is 11.0. The summed E-state index contributed by atoms with van der Waals surface area (Å²) in [7, 11) is -3.51. The number of rotatable bonds is 9. The van der Waals surface area contributed by atoms with E-state index in [-0.39, 0.29) is 30.3 Å². The van der Waals surface area contributed by atoms with Gasteiger partial charge in [0.05, 0.1) is 0 Å². The van der Waals surface area contributed by atoms with Gasteiger partial charge < -0.3 is 15.7 Å². The van der Waals surface area contributed by atoms with Gasteiger partial charge in [0.25, 0.3) is 0 Å². The predicted molar refractivity (Wildman–Crippen MR) is 77.8 cm³/mol. The first-order valence-corrected chi connectivity index (χ1v) is 8.55. The molecule has 0 unspecified atom stereocenters. The first kappa shape index (κ1) is 17.4. The molecular weight excluding hydrogens is 318 g/mol. The molecule has 0 saturated carbocycles. The zero-order valence-corrected chi connectivity index (χ0v) is 12.8. The van der Waals surface area contributed by atoms with E-state index < -0.39 is 22.0 Å². The summed E-state index contributed by atoms with van der Waals surface area (Å²) in [4.78, 5) is 21.5. The van der Waals surface area contributed by atoms with Crippen LogP contribution in [0.2, 0.25) is 0 Å². The number of hydrogen-bond acceptors (Lipinski definition) is 5. The van der Waals surface area contributed by atoms with Gasteiger partial charge in [-0.25, -0.2) is 17.9 Å². The molecule has 0 aliphatic rings. The van der Waals surface area contributed by atoms with Crippen LogP contribution in [0.15, 0.2) is 21.7 Å². The molecule has 4 N–H and O–H groups in total. The lowest BCUT2D eigenvalue weighted by molar-refractivity contribution is -0.137. The number of thiophene rings is 1. The molecule has 2 amide bonds. The molecule has 0 saturated heterocycles. The Morgan fingerprint density at radius 3 is 2.52 bits per heavy atom. The van der Waals surface area contributed by atoms with E-state index in [4.69, 9.17) is 5.11 Å². The average Bonchev–Trinajstić information content (AvgIpc) is 2.94. The van der Waals surface area contributed by atoms with Gasteiger partial charge in [-0.3, -0.25) is 4.79 Å². The van der Waals surface area contributed by atoms with E-state index in [2.05, 4.69) is 15.4 Å². The summed E-state index contributed by atoms with van der Waals surface area (Å²) in [6.45, 7) is 0.456. The van der Waals surface area contributed by atoms with E-state index in [0.717, 1.165) is 11.3 Å². The lowest BCUT2D eigenvalue weighted by atomic mass is 10.3. The summed E-state index contributed by atoms with van der Waals surface area (Å²) in [5.74, 6) is -0.916. The van der Waals surface area contributed by atoms with Crippen molar-refractivity contribution in [2.24, 2.45) is 0 Å². The molecule has 0 radical (unpaired) electrons. The molecule has 0 aliphatic heterocycles. The molecule has 8 nitrogen and oxygen atoms in total. The van der Waals surface area contributed by atoms with E-state index in [9.17, 15) is 18.0 Å². The van der Waals surface area contributed by atoms with Crippen LogP contribution in [0.4, 0.5) is 4.79 Å². The minimum absolute atomic E-state index is 0.0130. The fraction of sp³-hybridized carbons (Fsp3) is 0.455. The first-order valence-electron chi connectivity index (χ1n) is 6.18. The maximum atomic E-state index is 11.7. The predicted octanol–water partition coefficient (Wildman–Crippen LogP) is 0.190. The summed E-state index contributed by atoms with van der Waals surface area (Å²) < 4.78 is 26.0. The molecule has 0 aromatic carbocycles. The minimum atomic E-state index is -3.51. The van der Waals surface area contributed by atoms with Crippen molar-refractivity contribution in [1.29, 1.82) is 0 Å².